The number of hydrazone groups is 1. The number of nitrogens with two attached hydrogens (primary N) is 1. The molecule has 3 nitrogen and oxygen atoms in total. The van der Waals surface area contributed by atoms with Crippen LogP contribution in [0, 0.1) is 5.82 Å². The first-order valence-corrected chi connectivity index (χ1v) is 5.31. The minimum Gasteiger partial charge on any atom is -0.375 e. The highest BCUT2D eigenvalue weighted by Gasteiger charge is 2.04. The molecule has 0 amide bonds. The molecule has 15 heavy (non-hydrogen) atoms. The summed E-state index contributed by atoms with van der Waals surface area (Å²) < 4.78 is 13.5. The van der Waals surface area contributed by atoms with Gasteiger partial charge in [-0.05, 0) is 24.4 Å². The quantitative estimate of drug-likeness (QED) is 0.382. The lowest BCUT2D eigenvalue weighted by atomic mass is 10.2. The van der Waals surface area contributed by atoms with Gasteiger partial charge in [0.1, 0.15) is 5.82 Å². The highest BCUT2D eigenvalue weighted by molar-refractivity contribution is 9.10. The molecule has 0 spiro atoms. The molecule has 0 aliphatic heterocycles. The average molecular weight is 311 g/mol. The molecule has 1 rings (SSSR count). The Balaban J connectivity index is 2.90. The Bertz CT molecular complexity index is 425. The molecule has 7 heteroatoms. The van der Waals surface area contributed by atoms with Gasteiger partial charge in [-0.1, -0.05) is 27.5 Å². The number of benzene rings is 1. The first-order chi connectivity index (χ1) is 7.00. The number of nitrogens with one attached hydrogen (secondary N) is 1. The molecule has 0 unspecified atom stereocenters. The summed E-state index contributed by atoms with van der Waals surface area (Å²) in [5.41, 5.74) is 8.15. The van der Waals surface area contributed by atoms with Crippen molar-refractivity contribution in [2.24, 2.45) is 10.8 Å². The average Bonchev–Trinajstić information content (AvgIpc) is 2.13. The Kier molecular flexibility index (Phi) is 4.44. The Morgan fingerprint density at radius 3 is 2.93 bits per heavy atom. The first-order valence-electron chi connectivity index (χ1n) is 3.73. The fourth-order valence-corrected chi connectivity index (χ4v) is 1.44. The highest BCUT2D eigenvalue weighted by Crippen LogP contribution is 2.23. The van der Waals surface area contributed by atoms with Crippen LogP contribution in [0.3, 0.4) is 0 Å². The second-order valence-corrected chi connectivity index (χ2v) is 4.22. The number of nitrogens with zero attached hydrogens (tertiary/aromatic N) is 1. The number of thiocarbonyl (C=S) groups is 1. The first kappa shape index (κ1) is 12.4. The van der Waals surface area contributed by atoms with E-state index in [1.54, 1.807) is 0 Å². The predicted octanol–water partition coefficient (Wildman–Crippen LogP) is 2.41. The summed E-state index contributed by atoms with van der Waals surface area (Å²) in [7, 11) is 0. The number of halogens is 3. The molecule has 0 radical (unpaired) electrons. The Morgan fingerprint density at radius 2 is 2.33 bits per heavy atom. The van der Waals surface area contributed by atoms with E-state index in [-0.39, 0.29) is 10.1 Å². The van der Waals surface area contributed by atoms with Gasteiger partial charge < -0.3 is 5.73 Å². The molecule has 0 aliphatic rings. The fourth-order valence-electron chi connectivity index (χ4n) is 0.802. The highest BCUT2D eigenvalue weighted by atomic mass is 79.9. The second-order valence-electron chi connectivity index (χ2n) is 2.52. The van der Waals surface area contributed by atoms with Crippen LogP contribution in [0.2, 0.25) is 5.02 Å². The van der Waals surface area contributed by atoms with Crippen LogP contribution in [0.25, 0.3) is 0 Å². The molecule has 0 saturated heterocycles. The summed E-state index contributed by atoms with van der Waals surface area (Å²) in [6.07, 6.45) is 1.43. The largest absolute Gasteiger partial charge is 0.375 e. The normalized spacial score (nSPS) is 10.6. The molecule has 0 heterocycles. The molecular weight excluding hydrogens is 305 g/mol. The third-order valence-electron chi connectivity index (χ3n) is 1.42. The summed E-state index contributed by atoms with van der Waals surface area (Å²) in [6.45, 7) is 0. The predicted molar refractivity (Wildman–Crippen MR) is 66.6 cm³/mol. The van der Waals surface area contributed by atoms with E-state index in [1.165, 1.54) is 18.3 Å². The van der Waals surface area contributed by atoms with Crippen LogP contribution in [0.5, 0.6) is 0 Å². The van der Waals surface area contributed by atoms with Crippen LogP contribution in [0.15, 0.2) is 21.7 Å². The van der Waals surface area contributed by atoms with E-state index in [4.69, 9.17) is 17.3 Å². The van der Waals surface area contributed by atoms with Crippen LogP contribution < -0.4 is 11.2 Å². The van der Waals surface area contributed by atoms with Gasteiger partial charge in [-0.3, -0.25) is 5.43 Å². The van der Waals surface area contributed by atoms with Gasteiger partial charge in [0.2, 0.25) is 0 Å². The van der Waals surface area contributed by atoms with Crippen molar-refractivity contribution in [3.8, 4) is 0 Å². The van der Waals surface area contributed by atoms with Crippen LogP contribution in [0.4, 0.5) is 4.39 Å². The third kappa shape index (κ3) is 3.73. The lowest BCUT2D eigenvalue weighted by molar-refractivity contribution is 0.627. The minimum atomic E-state index is -0.497. The van der Waals surface area contributed by atoms with Crippen molar-refractivity contribution < 1.29 is 4.39 Å². The van der Waals surface area contributed by atoms with Gasteiger partial charge in [0.05, 0.1) is 11.2 Å². The number of hydrogen-bond acceptors (Lipinski definition) is 2. The van der Waals surface area contributed by atoms with Crippen molar-refractivity contribution in [3.63, 3.8) is 0 Å². The van der Waals surface area contributed by atoms with Crippen LogP contribution in [0.1, 0.15) is 5.56 Å². The van der Waals surface area contributed by atoms with Crippen LogP contribution in [-0.2, 0) is 0 Å². The molecule has 1 aromatic carbocycles. The summed E-state index contributed by atoms with van der Waals surface area (Å²) in [4.78, 5) is 0. The van der Waals surface area contributed by atoms with E-state index >= 15 is 0 Å². The SMILES string of the molecule is NC(=S)NN=Cc1cc(Cl)c(F)cc1Br. The van der Waals surface area contributed by atoms with Gasteiger partial charge in [0, 0.05) is 10.0 Å². The van der Waals surface area contributed by atoms with Crippen molar-refractivity contribution in [2.45, 2.75) is 0 Å². The molecule has 0 atom stereocenters. The Morgan fingerprint density at radius 1 is 1.67 bits per heavy atom. The molecule has 0 aliphatic carbocycles. The van der Waals surface area contributed by atoms with E-state index in [0.29, 0.717) is 10.0 Å². The molecule has 0 bridgehead atoms. The monoisotopic (exact) mass is 309 g/mol. The van der Waals surface area contributed by atoms with Crippen molar-refractivity contribution >= 4 is 51.1 Å². The van der Waals surface area contributed by atoms with Gasteiger partial charge in [0.15, 0.2) is 5.11 Å². The Labute approximate surface area is 105 Å². The van der Waals surface area contributed by atoms with E-state index in [0.717, 1.165) is 0 Å². The molecular formula is C8H6BrClFN3S. The maximum atomic E-state index is 12.9. The van der Waals surface area contributed by atoms with Crippen LogP contribution in [-0.4, -0.2) is 11.3 Å². The van der Waals surface area contributed by atoms with Crippen molar-refractivity contribution in [1.29, 1.82) is 0 Å². The van der Waals surface area contributed by atoms with E-state index < -0.39 is 5.82 Å². The number of hydrogen-bond donors (Lipinski definition) is 2. The lowest BCUT2D eigenvalue weighted by Gasteiger charge is -2.00. The maximum Gasteiger partial charge on any atom is 0.184 e. The summed E-state index contributed by atoms with van der Waals surface area (Å²) >= 11 is 13.3. The van der Waals surface area contributed by atoms with E-state index in [1.807, 2.05) is 0 Å². The van der Waals surface area contributed by atoms with Gasteiger partial charge in [-0.15, -0.1) is 0 Å². The van der Waals surface area contributed by atoms with Crippen molar-refractivity contribution in [3.05, 3.63) is 33.0 Å². The topological polar surface area (TPSA) is 50.4 Å². The van der Waals surface area contributed by atoms with Gasteiger partial charge >= 0.3 is 0 Å². The second kappa shape index (κ2) is 5.39. The van der Waals surface area contributed by atoms with Gasteiger partial charge in [0.25, 0.3) is 0 Å². The fraction of sp³-hybridized carbons (Fsp3) is 0. The molecule has 0 saturated carbocycles. The van der Waals surface area contributed by atoms with Crippen LogP contribution >= 0.6 is 39.7 Å². The van der Waals surface area contributed by atoms with E-state index in [2.05, 4.69) is 38.7 Å². The summed E-state index contributed by atoms with van der Waals surface area (Å²) in [5, 5.41) is 3.80. The molecule has 0 aromatic heterocycles. The van der Waals surface area contributed by atoms with Gasteiger partial charge in [-0.2, -0.15) is 5.10 Å². The van der Waals surface area contributed by atoms with Gasteiger partial charge in [-0.25, -0.2) is 4.39 Å². The standard InChI is InChI=1S/C8H6BrClFN3S/c9-5-2-7(11)6(10)1-4(5)3-13-14-8(12)15/h1-3H,(H3,12,14,15). The zero-order valence-corrected chi connectivity index (χ0v) is 10.5. The third-order valence-corrected chi connectivity index (χ3v) is 2.49. The minimum absolute atomic E-state index is 0.0231. The van der Waals surface area contributed by atoms with Crippen molar-refractivity contribution in [1.82, 2.24) is 5.43 Å². The molecule has 80 valence electrons. The molecule has 0 fully saturated rings. The lowest BCUT2D eigenvalue weighted by Crippen LogP contribution is -2.24. The van der Waals surface area contributed by atoms with E-state index in [9.17, 15) is 4.39 Å². The number of rotatable bonds is 2. The maximum absolute atomic E-state index is 12.9. The molecule has 3 N–H and O–H groups in total. The smallest absolute Gasteiger partial charge is 0.184 e. The Hall–Kier alpha value is -0.720. The molecule has 1 aromatic rings. The zero-order chi connectivity index (χ0) is 11.4. The summed E-state index contributed by atoms with van der Waals surface area (Å²) in [6, 6.07) is 2.69. The zero-order valence-electron chi connectivity index (χ0n) is 7.30. The summed E-state index contributed by atoms with van der Waals surface area (Å²) in [5.74, 6) is -0.497. The van der Waals surface area contributed by atoms with Crippen molar-refractivity contribution in [2.75, 3.05) is 0 Å².